The molecule has 1 saturated heterocycles. The van der Waals surface area contributed by atoms with Gasteiger partial charge in [-0.05, 0) is 104 Å². The standard InChI is InChI=1S/C36H54O10/c1-31(2)13-15-36(30(43)44)16-14-34(5)19(20(36)17-31)7-8-22-32(3)11-10-23(33(4,18-37)21(32)9-12-35(22,34)6)45-29-26(40)24(38)25(39)27(46-29)28(41)42/h7,18,20-27,29,38-40H,8-17H2,1-6H3,(H,41,42)(H,43,44)/t20-,21+,22+,23?,24-,25-,26+,27-,29+,32-,33-,34+,35+,36-/m0/s1. The third kappa shape index (κ3) is 4.49. The second-order valence-corrected chi connectivity index (χ2v) is 17.6. The molecule has 4 saturated carbocycles. The molecule has 5 aliphatic carbocycles. The summed E-state index contributed by atoms with van der Waals surface area (Å²) in [6.07, 6.45) is 1.84. The number of carboxylic acid groups (broad SMARTS) is 2. The van der Waals surface area contributed by atoms with Crippen molar-refractivity contribution in [2.24, 2.45) is 50.2 Å². The van der Waals surface area contributed by atoms with E-state index < -0.39 is 59.6 Å². The summed E-state index contributed by atoms with van der Waals surface area (Å²) in [4.78, 5) is 37.7. The van der Waals surface area contributed by atoms with Gasteiger partial charge in [-0.3, -0.25) is 4.79 Å². The van der Waals surface area contributed by atoms with Gasteiger partial charge < -0.3 is 39.8 Å². The molecule has 0 bridgehead atoms. The number of hydrogen-bond acceptors (Lipinski definition) is 8. The first kappa shape index (κ1) is 34.0. The molecular formula is C36H54O10. The molecule has 0 aromatic heterocycles. The number of aliphatic hydroxyl groups excluding tert-OH is 3. The van der Waals surface area contributed by atoms with Gasteiger partial charge in [0.2, 0.25) is 0 Å². The number of hydrogen-bond donors (Lipinski definition) is 5. The van der Waals surface area contributed by atoms with Crippen LogP contribution in [0, 0.1) is 50.2 Å². The van der Waals surface area contributed by atoms with E-state index in [-0.39, 0.29) is 39.4 Å². The zero-order valence-corrected chi connectivity index (χ0v) is 28.2. The lowest BCUT2D eigenvalue weighted by molar-refractivity contribution is -0.321. The SMILES string of the molecule is CC1(C)CC[C@]2(C(=O)O)CC[C@]3(C)C(=CC[C@@H]4[C@@]5(C)CCC(O[C@@H]6O[C@H](C(=O)O)[C@@H](O)[C@H](O)[C@H]6O)[C@@](C)(C=O)[C@@H]5CC[C@]43C)[C@@H]2C1. The van der Waals surface area contributed by atoms with E-state index in [1.807, 2.05) is 6.92 Å². The van der Waals surface area contributed by atoms with Crippen molar-refractivity contribution in [3.8, 4) is 0 Å². The van der Waals surface area contributed by atoms with Crippen molar-refractivity contribution in [1.29, 1.82) is 0 Å². The fraction of sp³-hybridized carbons (Fsp3) is 0.861. The minimum Gasteiger partial charge on any atom is -0.481 e. The van der Waals surface area contributed by atoms with E-state index in [0.29, 0.717) is 12.8 Å². The highest BCUT2D eigenvalue weighted by Crippen LogP contribution is 2.75. The summed E-state index contributed by atoms with van der Waals surface area (Å²) in [5.41, 5.74) is -0.721. The third-order valence-electron chi connectivity index (χ3n) is 15.1. The van der Waals surface area contributed by atoms with Crippen LogP contribution in [0.3, 0.4) is 0 Å². The van der Waals surface area contributed by atoms with Crippen molar-refractivity contribution < 1.29 is 49.4 Å². The fourth-order valence-corrected chi connectivity index (χ4v) is 12.0. The monoisotopic (exact) mass is 646 g/mol. The van der Waals surface area contributed by atoms with Crippen LogP contribution in [0.5, 0.6) is 0 Å². The number of carbonyl (C=O) groups excluding carboxylic acids is 1. The number of aliphatic carboxylic acids is 2. The average molecular weight is 647 g/mol. The Bertz CT molecular complexity index is 1310. The largest absolute Gasteiger partial charge is 0.481 e. The molecule has 1 aliphatic heterocycles. The lowest BCUT2D eigenvalue weighted by Crippen LogP contribution is -2.67. The number of rotatable bonds is 5. The van der Waals surface area contributed by atoms with Crippen LogP contribution in [0.2, 0.25) is 0 Å². The first-order valence-corrected chi connectivity index (χ1v) is 17.3. The molecule has 5 N–H and O–H groups in total. The van der Waals surface area contributed by atoms with Crippen LogP contribution >= 0.6 is 0 Å². The van der Waals surface area contributed by atoms with Crippen molar-refractivity contribution in [3.63, 3.8) is 0 Å². The Balaban J connectivity index is 1.31. The molecule has 14 atom stereocenters. The molecule has 10 nitrogen and oxygen atoms in total. The van der Waals surface area contributed by atoms with Crippen LogP contribution in [-0.2, 0) is 23.9 Å². The highest BCUT2D eigenvalue weighted by molar-refractivity contribution is 5.76. The zero-order valence-electron chi connectivity index (χ0n) is 28.2. The van der Waals surface area contributed by atoms with Crippen LogP contribution in [0.1, 0.15) is 106 Å². The molecule has 0 spiro atoms. The van der Waals surface area contributed by atoms with Gasteiger partial charge in [-0.15, -0.1) is 0 Å². The Hall–Kier alpha value is -1.85. The third-order valence-corrected chi connectivity index (χ3v) is 15.1. The van der Waals surface area contributed by atoms with Crippen LogP contribution in [0.25, 0.3) is 0 Å². The molecule has 6 aliphatic rings. The maximum Gasteiger partial charge on any atom is 0.335 e. The molecule has 6 rings (SSSR count). The summed E-state index contributed by atoms with van der Waals surface area (Å²) in [6, 6.07) is 0. The molecule has 0 aromatic carbocycles. The van der Waals surface area contributed by atoms with Crippen molar-refractivity contribution in [1.82, 2.24) is 0 Å². The number of allylic oxidation sites excluding steroid dienone is 2. The summed E-state index contributed by atoms with van der Waals surface area (Å²) < 4.78 is 11.7. The summed E-state index contributed by atoms with van der Waals surface area (Å²) in [7, 11) is 0. The summed E-state index contributed by atoms with van der Waals surface area (Å²) in [5, 5.41) is 51.3. The smallest absolute Gasteiger partial charge is 0.335 e. The van der Waals surface area contributed by atoms with Crippen molar-refractivity contribution in [3.05, 3.63) is 11.6 Å². The van der Waals surface area contributed by atoms with Gasteiger partial charge in [-0.1, -0.05) is 53.2 Å². The van der Waals surface area contributed by atoms with Crippen LogP contribution in [-0.4, -0.2) is 80.6 Å². The second kappa shape index (κ2) is 10.8. The van der Waals surface area contributed by atoms with Gasteiger partial charge in [-0.25, -0.2) is 4.79 Å². The van der Waals surface area contributed by atoms with Gasteiger partial charge in [0.1, 0.15) is 24.6 Å². The Kier molecular flexibility index (Phi) is 8.01. The molecule has 258 valence electrons. The van der Waals surface area contributed by atoms with Crippen molar-refractivity contribution >= 4 is 18.2 Å². The number of carboxylic acids is 2. The first-order chi connectivity index (χ1) is 21.3. The fourth-order valence-electron chi connectivity index (χ4n) is 12.0. The van der Waals surface area contributed by atoms with E-state index in [0.717, 1.165) is 57.7 Å². The van der Waals surface area contributed by atoms with E-state index >= 15 is 0 Å². The molecule has 0 radical (unpaired) electrons. The van der Waals surface area contributed by atoms with Gasteiger partial charge in [0.25, 0.3) is 0 Å². The Morgan fingerprint density at radius 3 is 2.17 bits per heavy atom. The summed E-state index contributed by atoms with van der Waals surface area (Å²) in [5.74, 6) is -1.92. The molecule has 10 heteroatoms. The van der Waals surface area contributed by atoms with Gasteiger partial charge in [-0.2, -0.15) is 0 Å². The number of aliphatic hydroxyl groups is 3. The predicted octanol–water partition coefficient (Wildman–Crippen LogP) is 4.33. The number of aldehydes is 1. The molecule has 1 unspecified atom stereocenters. The van der Waals surface area contributed by atoms with Gasteiger partial charge in [0, 0.05) is 0 Å². The maximum absolute atomic E-state index is 13.1. The van der Waals surface area contributed by atoms with Gasteiger partial charge in [0.05, 0.1) is 16.9 Å². The molecule has 1 heterocycles. The van der Waals surface area contributed by atoms with Gasteiger partial charge >= 0.3 is 11.9 Å². The zero-order chi connectivity index (χ0) is 33.8. The lowest BCUT2D eigenvalue weighted by atomic mass is 9.33. The molecule has 46 heavy (non-hydrogen) atoms. The minimum atomic E-state index is -1.82. The van der Waals surface area contributed by atoms with Crippen LogP contribution < -0.4 is 0 Å². The van der Waals surface area contributed by atoms with E-state index in [2.05, 4.69) is 40.7 Å². The van der Waals surface area contributed by atoms with Crippen molar-refractivity contribution in [2.45, 2.75) is 143 Å². The second-order valence-electron chi connectivity index (χ2n) is 17.6. The Labute approximate surface area is 271 Å². The molecule has 5 fully saturated rings. The highest BCUT2D eigenvalue weighted by atomic mass is 16.7. The van der Waals surface area contributed by atoms with Crippen molar-refractivity contribution in [2.75, 3.05) is 0 Å². The average Bonchev–Trinajstić information content (AvgIpc) is 2.98. The molecule has 0 amide bonds. The normalized spacial score (nSPS) is 53.0. The van der Waals surface area contributed by atoms with E-state index in [1.165, 1.54) is 5.57 Å². The molecule has 0 aromatic rings. The predicted molar refractivity (Wildman–Crippen MR) is 166 cm³/mol. The van der Waals surface area contributed by atoms with Gasteiger partial charge in [0.15, 0.2) is 12.4 Å². The topological polar surface area (TPSA) is 171 Å². The van der Waals surface area contributed by atoms with Crippen LogP contribution in [0.15, 0.2) is 11.6 Å². The number of ether oxygens (including phenoxy) is 2. The quantitative estimate of drug-likeness (QED) is 0.165. The lowest BCUT2D eigenvalue weighted by Gasteiger charge is -2.71. The minimum absolute atomic E-state index is 0.0191. The van der Waals surface area contributed by atoms with E-state index in [4.69, 9.17) is 9.47 Å². The van der Waals surface area contributed by atoms with E-state index in [9.17, 15) is 39.9 Å². The summed E-state index contributed by atoms with van der Waals surface area (Å²) >= 11 is 0. The van der Waals surface area contributed by atoms with E-state index in [1.54, 1.807) is 0 Å². The number of fused-ring (bicyclic) bond motifs is 7. The number of carbonyl (C=O) groups is 3. The highest BCUT2D eigenvalue weighted by Gasteiger charge is 2.70. The molecular weight excluding hydrogens is 592 g/mol. The Morgan fingerprint density at radius 2 is 1.54 bits per heavy atom. The maximum atomic E-state index is 13.1. The Morgan fingerprint density at radius 1 is 0.870 bits per heavy atom. The summed E-state index contributed by atoms with van der Waals surface area (Å²) in [6.45, 7) is 13.5. The first-order valence-electron chi connectivity index (χ1n) is 17.3. The van der Waals surface area contributed by atoms with Crippen LogP contribution in [0.4, 0.5) is 0 Å².